The molecule has 0 saturated heterocycles. The van der Waals surface area contributed by atoms with E-state index >= 15 is 0 Å². The van der Waals surface area contributed by atoms with E-state index in [1.54, 1.807) is 6.92 Å². The van der Waals surface area contributed by atoms with E-state index in [2.05, 4.69) is 10.2 Å². The second-order valence-electron chi connectivity index (χ2n) is 5.87. The number of aromatic nitrogens is 2. The Morgan fingerprint density at radius 1 is 1.21 bits per heavy atom. The molecule has 9 heteroatoms. The van der Waals surface area contributed by atoms with E-state index in [1.807, 2.05) is 30.3 Å². The monoisotopic (exact) mass is 395 g/mol. The first-order valence-corrected chi connectivity index (χ1v) is 8.63. The Labute approximate surface area is 165 Å². The topological polar surface area (TPSA) is 117 Å². The lowest BCUT2D eigenvalue weighted by atomic mass is 10.2. The highest BCUT2D eigenvalue weighted by Gasteiger charge is 2.13. The van der Waals surface area contributed by atoms with Gasteiger partial charge in [0.15, 0.2) is 5.11 Å². The molecule has 0 spiro atoms. The number of nitrogens with two attached hydrogens (primary N) is 1. The summed E-state index contributed by atoms with van der Waals surface area (Å²) < 4.78 is 1.42. The second kappa shape index (κ2) is 7.89. The van der Waals surface area contributed by atoms with Crippen molar-refractivity contribution in [3.05, 3.63) is 81.8 Å². The average molecular weight is 395 g/mol. The third-order valence-corrected chi connectivity index (χ3v) is 4.17. The van der Waals surface area contributed by atoms with Gasteiger partial charge in [0.25, 0.3) is 5.56 Å². The summed E-state index contributed by atoms with van der Waals surface area (Å²) in [6, 6.07) is 15.1. The number of aryl methyl sites for hydroxylation is 1. The zero-order valence-electron chi connectivity index (χ0n) is 14.9. The van der Waals surface area contributed by atoms with E-state index in [1.165, 1.54) is 40.2 Å². The van der Waals surface area contributed by atoms with Gasteiger partial charge in [-0.1, -0.05) is 18.2 Å². The van der Waals surface area contributed by atoms with Gasteiger partial charge in [-0.2, -0.15) is 5.10 Å². The van der Waals surface area contributed by atoms with Crippen LogP contribution in [0.2, 0.25) is 0 Å². The van der Waals surface area contributed by atoms with E-state index < -0.39 is 5.97 Å². The molecule has 1 aromatic heterocycles. The number of nitrogens with one attached hydrogen (secondary N) is 1. The SMILES string of the molecule is Cc1[nH]n(-c2ccccc2)c(=O)c1C=NN(C(N)=S)c1ccc(C(=O)O)cc1. The number of benzene rings is 2. The molecule has 3 aromatic rings. The fourth-order valence-corrected chi connectivity index (χ4v) is 2.73. The standard InChI is InChI=1S/C19H17N5O3S/c1-12-16(17(25)23(22-12)14-5-3-2-4-6-14)11-21-24(19(20)28)15-9-7-13(8-10-15)18(26)27/h2-11,22H,1H3,(H2,20,28)(H,26,27). The quantitative estimate of drug-likeness (QED) is 0.347. The molecule has 3 rings (SSSR count). The van der Waals surface area contributed by atoms with Crippen molar-refractivity contribution >= 4 is 35.2 Å². The highest BCUT2D eigenvalue weighted by Crippen LogP contribution is 2.16. The van der Waals surface area contributed by atoms with Gasteiger partial charge in [0.2, 0.25) is 0 Å². The van der Waals surface area contributed by atoms with Gasteiger partial charge in [0.05, 0.1) is 28.7 Å². The molecule has 0 atom stereocenters. The van der Waals surface area contributed by atoms with Crippen molar-refractivity contribution in [2.24, 2.45) is 10.8 Å². The highest BCUT2D eigenvalue weighted by atomic mass is 32.1. The number of aromatic amines is 1. The van der Waals surface area contributed by atoms with Gasteiger partial charge in [-0.25, -0.2) is 14.5 Å². The Hall–Kier alpha value is -3.72. The molecule has 0 aliphatic carbocycles. The van der Waals surface area contributed by atoms with Gasteiger partial charge in [-0.3, -0.25) is 9.89 Å². The molecular weight excluding hydrogens is 378 g/mol. The summed E-state index contributed by atoms with van der Waals surface area (Å²) in [6.07, 6.45) is 1.37. The van der Waals surface area contributed by atoms with Crippen LogP contribution in [-0.4, -0.2) is 32.2 Å². The summed E-state index contributed by atoms with van der Waals surface area (Å²) in [7, 11) is 0. The van der Waals surface area contributed by atoms with Gasteiger partial charge >= 0.3 is 5.97 Å². The normalized spacial score (nSPS) is 10.9. The van der Waals surface area contributed by atoms with Crippen molar-refractivity contribution in [1.29, 1.82) is 0 Å². The molecule has 0 radical (unpaired) electrons. The summed E-state index contributed by atoms with van der Waals surface area (Å²) >= 11 is 5.03. The van der Waals surface area contributed by atoms with Crippen LogP contribution in [0.3, 0.4) is 0 Å². The first-order valence-electron chi connectivity index (χ1n) is 8.22. The van der Waals surface area contributed by atoms with Crippen molar-refractivity contribution in [3.8, 4) is 5.69 Å². The lowest BCUT2D eigenvalue weighted by Crippen LogP contribution is -2.31. The fraction of sp³-hybridized carbons (Fsp3) is 0.0526. The van der Waals surface area contributed by atoms with Crippen molar-refractivity contribution in [2.45, 2.75) is 6.92 Å². The number of thiocarbonyl (C=S) groups is 1. The van der Waals surface area contributed by atoms with Gasteiger partial charge < -0.3 is 10.8 Å². The number of anilines is 1. The van der Waals surface area contributed by atoms with Gasteiger partial charge in [-0.05, 0) is 55.5 Å². The van der Waals surface area contributed by atoms with E-state index in [4.69, 9.17) is 23.1 Å². The number of carboxylic acid groups (broad SMARTS) is 1. The zero-order chi connectivity index (χ0) is 20.3. The lowest BCUT2D eigenvalue weighted by Gasteiger charge is -2.16. The number of H-pyrrole nitrogens is 1. The first kappa shape index (κ1) is 19.1. The van der Waals surface area contributed by atoms with Crippen LogP contribution in [0.15, 0.2) is 64.5 Å². The van der Waals surface area contributed by atoms with Crippen molar-refractivity contribution < 1.29 is 9.90 Å². The molecule has 142 valence electrons. The summed E-state index contributed by atoms with van der Waals surface area (Å²) in [5, 5.41) is 17.4. The predicted molar refractivity (Wildman–Crippen MR) is 111 cm³/mol. The van der Waals surface area contributed by atoms with Crippen LogP contribution < -0.4 is 16.3 Å². The van der Waals surface area contributed by atoms with Gasteiger partial charge in [0.1, 0.15) is 0 Å². The first-order chi connectivity index (χ1) is 13.4. The van der Waals surface area contributed by atoms with Crippen LogP contribution in [0.5, 0.6) is 0 Å². The molecule has 0 aliphatic heterocycles. The molecule has 4 N–H and O–H groups in total. The number of nitrogens with zero attached hydrogens (tertiary/aromatic N) is 3. The number of carboxylic acids is 1. The Kier molecular flexibility index (Phi) is 5.37. The molecule has 0 bridgehead atoms. The number of carbonyl (C=O) groups is 1. The summed E-state index contributed by atoms with van der Waals surface area (Å²) in [6.45, 7) is 1.76. The third kappa shape index (κ3) is 3.84. The Balaban J connectivity index is 1.94. The molecule has 0 unspecified atom stereocenters. The molecule has 2 aromatic carbocycles. The Morgan fingerprint density at radius 3 is 2.43 bits per heavy atom. The summed E-state index contributed by atoms with van der Waals surface area (Å²) in [5.74, 6) is -1.04. The van der Waals surface area contributed by atoms with Gasteiger partial charge in [-0.15, -0.1) is 0 Å². The molecule has 0 amide bonds. The molecular formula is C19H17N5O3S. The van der Waals surface area contributed by atoms with Gasteiger partial charge in [0, 0.05) is 5.69 Å². The van der Waals surface area contributed by atoms with Crippen LogP contribution in [0.4, 0.5) is 5.69 Å². The molecule has 28 heavy (non-hydrogen) atoms. The third-order valence-electron chi connectivity index (χ3n) is 4.00. The minimum Gasteiger partial charge on any atom is -0.478 e. The van der Waals surface area contributed by atoms with Crippen LogP contribution >= 0.6 is 12.2 Å². The minimum absolute atomic E-state index is 0.0455. The van der Waals surface area contributed by atoms with E-state index in [0.29, 0.717) is 22.6 Å². The van der Waals surface area contributed by atoms with Crippen LogP contribution in [0, 0.1) is 6.92 Å². The number of hydrogen-bond acceptors (Lipinski definition) is 4. The summed E-state index contributed by atoms with van der Waals surface area (Å²) in [5.41, 5.74) is 7.76. The van der Waals surface area contributed by atoms with E-state index in [9.17, 15) is 9.59 Å². The zero-order valence-corrected chi connectivity index (χ0v) is 15.7. The highest BCUT2D eigenvalue weighted by molar-refractivity contribution is 7.80. The number of aromatic carboxylic acids is 1. The smallest absolute Gasteiger partial charge is 0.335 e. The number of hydrogen-bond donors (Lipinski definition) is 3. The number of rotatable bonds is 5. The maximum absolute atomic E-state index is 12.7. The fourth-order valence-electron chi connectivity index (χ4n) is 2.58. The average Bonchev–Trinajstić information content (AvgIpc) is 2.97. The Morgan fingerprint density at radius 2 is 1.86 bits per heavy atom. The van der Waals surface area contributed by atoms with Crippen molar-refractivity contribution in [2.75, 3.05) is 5.01 Å². The lowest BCUT2D eigenvalue weighted by molar-refractivity contribution is 0.0697. The number of hydrazone groups is 1. The number of para-hydroxylation sites is 1. The maximum atomic E-state index is 12.7. The maximum Gasteiger partial charge on any atom is 0.335 e. The molecule has 0 aliphatic rings. The summed E-state index contributed by atoms with van der Waals surface area (Å²) in [4.78, 5) is 23.7. The van der Waals surface area contributed by atoms with Crippen molar-refractivity contribution in [3.63, 3.8) is 0 Å². The Bertz CT molecular complexity index is 1100. The van der Waals surface area contributed by atoms with E-state index in [0.717, 1.165) is 0 Å². The minimum atomic E-state index is -1.04. The molecule has 0 saturated carbocycles. The largest absolute Gasteiger partial charge is 0.478 e. The van der Waals surface area contributed by atoms with Crippen LogP contribution in [0.1, 0.15) is 21.6 Å². The van der Waals surface area contributed by atoms with E-state index in [-0.39, 0.29) is 16.2 Å². The predicted octanol–water partition coefficient (Wildman–Crippen LogP) is 2.26. The second-order valence-corrected chi connectivity index (χ2v) is 6.29. The van der Waals surface area contributed by atoms with Crippen molar-refractivity contribution in [1.82, 2.24) is 9.78 Å². The molecule has 1 heterocycles. The molecule has 8 nitrogen and oxygen atoms in total. The molecule has 0 fully saturated rings. The van der Waals surface area contributed by atoms with Crippen LogP contribution in [0.25, 0.3) is 5.69 Å². The van der Waals surface area contributed by atoms with Crippen LogP contribution in [-0.2, 0) is 0 Å².